The van der Waals surface area contributed by atoms with Gasteiger partial charge in [0.2, 0.25) is 0 Å². The Morgan fingerprint density at radius 1 is 1.37 bits per heavy atom. The molecule has 2 aliphatic rings. The number of aromatic nitrogens is 4. The lowest BCUT2D eigenvalue weighted by Crippen LogP contribution is -2.28. The molecule has 0 amide bonds. The second kappa shape index (κ2) is 3.90. The van der Waals surface area contributed by atoms with Gasteiger partial charge in [-0.05, 0) is 19.8 Å². The summed E-state index contributed by atoms with van der Waals surface area (Å²) in [7, 11) is 0. The number of rotatable bonds is 1. The first-order valence-electron chi connectivity index (χ1n) is 6.76. The van der Waals surface area contributed by atoms with E-state index in [-0.39, 0.29) is 0 Å². The first-order chi connectivity index (χ1) is 9.26. The number of aryl methyl sites for hydroxylation is 1. The Balaban J connectivity index is 1.73. The molecule has 0 aromatic carbocycles. The first-order valence-corrected chi connectivity index (χ1v) is 6.76. The monoisotopic (exact) mass is 259 g/mol. The Hall–Kier alpha value is -1.69. The van der Waals surface area contributed by atoms with E-state index < -0.39 is 0 Å². The molecule has 6 nitrogen and oxygen atoms in total. The molecule has 1 atom stereocenters. The van der Waals surface area contributed by atoms with Gasteiger partial charge in [0.1, 0.15) is 12.1 Å². The molecule has 2 aromatic rings. The van der Waals surface area contributed by atoms with E-state index in [0.717, 1.165) is 37.8 Å². The van der Waals surface area contributed by atoms with E-state index in [1.165, 1.54) is 12.8 Å². The van der Waals surface area contributed by atoms with Gasteiger partial charge >= 0.3 is 0 Å². The van der Waals surface area contributed by atoms with Crippen LogP contribution in [0.5, 0.6) is 0 Å². The van der Waals surface area contributed by atoms with Crippen LogP contribution in [0, 0.1) is 12.3 Å². The molecule has 0 saturated carbocycles. The maximum Gasteiger partial charge on any atom is 0.254 e. The molecule has 0 N–H and O–H groups in total. The third-order valence-electron chi connectivity index (χ3n) is 4.31. The average molecular weight is 259 g/mol. The average Bonchev–Trinajstić information content (AvgIpc) is 3.11. The Labute approximate surface area is 111 Å². The minimum Gasteiger partial charge on any atom is -0.381 e. The lowest BCUT2D eigenvalue weighted by atomic mass is 9.87. The van der Waals surface area contributed by atoms with Crippen molar-refractivity contribution in [3.63, 3.8) is 0 Å². The van der Waals surface area contributed by atoms with Gasteiger partial charge in [-0.1, -0.05) is 0 Å². The molecule has 1 spiro atoms. The molecule has 2 aromatic heterocycles. The summed E-state index contributed by atoms with van der Waals surface area (Å²) in [6, 6.07) is 2.09. The van der Waals surface area contributed by atoms with Gasteiger partial charge in [-0.2, -0.15) is 14.6 Å². The minimum atomic E-state index is 0.351. The summed E-state index contributed by atoms with van der Waals surface area (Å²) >= 11 is 0. The predicted molar refractivity (Wildman–Crippen MR) is 70.2 cm³/mol. The highest BCUT2D eigenvalue weighted by molar-refractivity contribution is 5.48. The molecule has 6 heteroatoms. The SMILES string of the molecule is Cc1cc(N2CCC3(CCOC3)C2)n2ncnc2n1. The molecule has 2 fully saturated rings. The van der Waals surface area contributed by atoms with Crippen molar-refractivity contribution in [2.75, 3.05) is 31.2 Å². The van der Waals surface area contributed by atoms with Gasteiger partial charge in [-0.3, -0.25) is 0 Å². The van der Waals surface area contributed by atoms with E-state index in [2.05, 4.69) is 26.0 Å². The summed E-state index contributed by atoms with van der Waals surface area (Å²) in [5, 5.41) is 4.29. The number of hydrogen-bond acceptors (Lipinski definition) is 5. The van der Waals surface area contributed by atoms with Crippen LogP contribution in [0.2, 0.25) is 0 Å². The lowest BCUT2D eigenvalue weighted by molar-refractivity contribution is 0.160. The van der Waals surface area contributed by atoms with Crippen molar-refractivity contribution >= 4 is 11.6 Å². The zero-order valence-electron chi connectivity index (χ0n) is 11.0. The van der Waals surface area contributed by atoms with E-state index in [4.69, 9.17) is 4.74 Å². The largest absolute Gasteiger partial charge is 0.381 e. The molecule has 2 aliphatic heterocycles. The highest BCUT2D eigenvalue weighted by atomic mass is 16.5. The predicted octanol–water partition coefficient (Wildman–Crippen LogP) is 1.05. The summed E-state index contributed by atoms with van der Waals surface area (Å²) in [6.45, 7) is 5.91. The standard InChI is InChI=1S/C13H17N5O/c1-10-6-11(18-12(16-10)14-9-15-18)17-4-2-13(7-17)3-5-19-8-13/h6,9H,2-5,7-8H2,1H3. The molecular weight excluding hydrogens is 242 g/mol. The minimum absolute atomic E-state index is 0.351. The summed E-state index contributed by atoms with van der Waals surface area (Å²) < 4.78 is 7.42. The van der Waals surface area contributed by atoms with Gasteiger partial charge in [-0.25, -0.2) is 4.98 Å². The van der Waals surface area contributed by atoms with Crippen molar-refractivity contribution in [2.45, 2.75) is 19.8 Å². The molecule has 2 saturated heterocycles. The van der Waals surface area contributed by atoms with Gasteiger partial charge < -0.3 is 9.64 Å². The van der Waals surface area contributed by atoms with E-state index in [9.17, 15) is 0 Å². The van der Waals surface area contributed by atoms with Crippen LogP contribution in [0.4, 0.5) is 5.82 Å². The Bertz CT molecular complexity index is 617. The van der Waals surface area contributed by atoms with Crippen LogP contribution in [0.25, 0.3) is 5.78 Å². The van der Waals surface area contributed by atoms with Crippen molar-refractivity contribution in [3.8, 4) is 0 Å². The topological polar surface area (TPSA) is 55.6 Å². The van der Waals surface area contributed by atoms with Crippen LogP contribution in [0.3, 0.4) is 0 Å². The van der Waals surface area contributed by atoms with Crippen LogP contribution in [0.15, 0.2) is 12.4 Å². The molecule has 0 radical (unpaired) electrons. The number of ether oxygens (including phenoxy) is 1. The molecule has 0 bridgehead atoms. The summed E-state index contributed by atoms with van der Waals surface area (Å²) in [5.41, 5.74) is 1.34. The normalized spacial score (nSPS) is 26.9. The Morgan fingerprint density at radius 2 is 2.32 bits per heavy atom. The van der Waals surface area contributed by atoms with Gasteiger partial charge in [0.25, 0.3) is 5.78 Å². The maximum absolute atomic E-state index is 5.59. The second-order valence-corrected chi connectivity index (χ2v) is 5.70. The van der Waals surface area contributed by atoms with Crippen LogP contribution >= 0.6 is 0 Å². The third kappa shape index (κ3) is 1.70. The van der Waals surface area contributed by atoms with Gasteiger partial charge in [-0.15, -0.1) is 0 Å². The zero-order chi connectivity index (χ0) is 12.9. The zero-order valence-corrected chi connectivity index (χ0v) is 11.0. The van der Waals surface area contributed by atoms with Crippen LogP contribution in [-0.2, 0) is 4.74 Å². The summed E-state index contributed by atoms with van der Waals surface area (Å²) in [4.78, 5) is 11.0. The van der Waals surface area contributed by atoms with Gasteiger partial charge in [0.05, 0.1) is 6.61 Å². The third-order valence-corrected chi connectivity index (χ3v) is 4.31. The molecule has 4 heterocycles. The Kier molecular flexibility index (Phi) is 2.29. The smallest absolute Gasteiger partial charge is 0.254 e. The highest BCUT2D eigenvalue weighted by Crippen LogP contribution is 2.39. The van der Waals surface area contributed by atoms with E-state index >= 15 is 0 Å². The van der Waals surface area contributed by atoms with Crippen molar-refractivity contribution in [1.82, 2.24) is 19.6 Å². The van der Waals surface area contributed by atoms with E-state index in [1.54, 1.807) is 6.33 Å². The number of nitrogens with zero attached hydrogens (tertiary/aromatic N) is 5. The summed E-state index contributed by atoms with van der Waals surface area (Å²) in [6.07, 6.45) is 3.94. The van der Waals surface area contributed by atoms with Crippen molar-refractivity contribution in [1.29, 1.82) is 0 Å². The first kappa shape index (κ1) is 11.2. The Morgan fingerprint density at radius 3 is 3.16 bits per heavy atom. The molecule has 1 unspecified atom stereocenters. The molecular formula is C13H17N5O. The number of fused-ring (bicyclic) bond motifs is 1. The van der Waals surface area contributed by atoms with Crippen molar-refractivity contribution < 1.29 is 4.74 Å². The van der Waals surface area contributed by atoms with Crippen LogP contribution in [-0.4, -0.2) is 45.9 Å². The van der Waals surface area contributed by atoms with E-state index in [0.29, 0.717) is 11.2 Å². The molecule has 4 rings (SSSR count). The fourth-order valence-electron chi connectivity index (χ4n) is 3.24. The fourth-order valence-corrected chi connectivity index (χ4v) is 3.24. The number of hydrogen-bond donors (Lipinski definition) is 0. The maximum atomic E-state index is 5.59. The van der Waals surface area contributed by atoms with Crippen LogP contribution in [0.1, 0.15) is 18.5 Å². The summed E-state index contributed by atoms with van der Waals surface area (Å²) in [5.74, 6) is 1.78. The highest BCUT2D eigenvalue weighted by Gasteiger charge is 2.41. The molecule has 0 aliphatic carbocycles. The fraction of sp³-hybridized carbons (Fsp3) is 0.615. The second-order valence-electron chi connectivity index (χ2n) is 5.70. The quantitative estimate of drug-likeness (QED) is 0.766. The van der Waals surface area contributed by atoms with E-state index in [1.807, 2.05) is 11.4 Å². The lowest BCUT2D eigenvalue weighted by Gasteiger charge is -2.23. The van der Waals surface area contributed by atoms with Crippen molar-refractivity contribution in [2.24, 2.45) is 5.41 Å². The van der Waals surface area contributed by atoms with Crippen LogP contribution < -0.4 is 4.90 Å². The van der Waals surface area contributed by atoms with Crippen molar-refractivity contribution in [3.05, 3.63) is 18.1 Å². The molecule has 19 heavy (non-hydrogen) atoms. The number of anilines is 1. The molecule has 100 valence electrons. The van der Waals surface area contributed by atoms with Gasteiger partial charge in [0.15, 0.2) is 0 Å². The van der Waals surface area contributed by atoms with Gasteiger partial charge in [0, 0.05) is 36.9 Å².